The highest BCUT2D eigenvalue weighted by atomic mass is 32.2. The van der Waals surface area contributed by atoms with E-state index in [-0.39, 0.29) is 0 Å². The fraction of sp³-hybridized carbons (Fsp3) is 0.538. The van der Waals surface area contributed by atoms with Gasteiger partial charge in [0.2, 0.25) is 0 Å². The summed E-state index contributed by atoms with van der Waals surface area (Å²) in [4.78, 5) is 0. The number of hydrogen-bond donors (Lipinski definition) is 1. The monoisotopic (exact) mass is 223 g/mol. The number of thioether (sulfide) groups is 1. The zero-order valence-corrected chi connectivity index (χ0v) is 10.3. The molecule has 0 aliphatic rings. The second-order valence-corrected chi connectivity index (χ2v) is 4.98. The summed E-state index contributed by atoms with van der Waals surface area (Å²) >= 11 is 1.98. The fourth-order valence-electron chi connectivity index (χ4n) is 1.51. The summed E-state index contributed by atoms with van der Waals surface area (Å²) in [6, 6.07) is 11.0. The van der Waals surface area contributed by atoms with Crippen LogP contribution in [0.25, 0.3) is 0 Å². The van der Waals surface area contributed by atoms with Crippen molar-refractivity contribution in [2.75, 3.05) is 5.75 Å². The molecule has 1 aromatic carbocycles. The lowest BCUT2D eigenvalue weighted by Crippen LogP contribution is -2.20. The molecule has 84 valence electrons. The SMILES string of the molecule is CCCC(N)CCSCc1ccccc1. The van der Waals surface area contributed by atoms with Gasteiger partial charge in [-0.25, -0.2) is 0 Å². The Morgan fingerprint density at radius 2 is 1.93 bits per heavy atom. The van der Waals surface area contributed by atoms with Crippen LogP contribution in [0, 0.1) is 0 Å². The average molecular weight is 223 g/mol. The average Bonchev–Trinajstić information content (AvgIpc) is 2.26. The first-order valence-electron chi connectivity index (χ1n) is 5.70. The summed E-state index contributed by atoms with van der Waals surface area (Å²) in [7, 11) is 0. The van der Waals surface area contributed by atoms with Gasteiger partial charge in [-0.15, -0.1) is 0 Å². The highest BCUT2D eigenvalue weighted by Crippen LogP contribution is 2.13. The molecule has 1 unspecified atom stereocenters. The highest BCUT2D eigenvalue weighted by Gasteiger charge is 2.00. The maximum atomic E-state index is 5.95. The molecule has 0 saturated carbocycles. The van der Waals surface area contributed by atoms with E-state index in [1.165, 1.54) is 17.7 Å². The van der Waals surface area contributed by atoms with E-state index in [2.05, 4.69) is 37.3 Å². The van der Waals surface area contributed by atoms with Gasteiger partial charge in [0.15, 0.2) is 0 Å². The molecule has 1 aromatic rings. The van der Waals surface area contributed by atoms with Crippen molar-refractivity contribution >= 4 is 11.8 Å². The van der Waals surface area contributed by atoms with Crippen molar-refractivity contribution in [3.05, 3.63) is 35.9 Å². The van der Waals surface area contributed by atoms with Crippen LogP contribution < -0.4 is 5.73 Å². The van der Waals surface area contributed by atoms with E-state index in [0.717, 1.165) is 18.6 Å². The Kier molecular flexibility index (Phi) is 6.53. The molecule has 0 aromatic heterocycles. The van der Waals surface area contributed by atoms with Gasteiger partial charge in [-0.2, -0.15) is 11.8 Å². The van der Waals surface area contributed by atoms with Crippen LogP contribution in [0.15, 0.2) is 30.3 Å². The summed E-state index contributed by atoms with van der Waals surface area (Å²) in [6.45, 7) is 2.19. The third-order valence-corrected chi connectivity index (χ3v) is 3.47. The van der Waals surface area contributed by atoms with E-state index in [1.807, 2.05) is 11.8 Å². The molecule has 0 fully saturated rings. The number of rotatable bonds is 7. The first-order valence-corrected chi connectivity index (χ1v) is 6.85. The topological polar surface area (TPSA) is 26.0 Å². The van der Waals surface area contributed by atoms with Crippen molar-refractivity contribution in [3.8, 4) is 0 Å². The highest BCUT2D eigenvalue weighted by molar-refractivity contribution is 7.98. The predicted molar refractivity (Wildman–Crippen MR) is 70.1 cm³/mol. The molecule has 0 bridgehead atoms. The Hall–Kier alpha value is -0.470. The van der Waals surface area contributed by atoms with Gasteiger partial charge in [0.05, 0.1) is 0 Å². The van der Waals surface area contributed by atoms with Crippen LogP contribution in [0.4, 0.5) is 0 Å². The molecule has 2 heteroatoms. The van der Waals surface area contributed by atoms with Crippen LogP contribution in [0.2, 0.25) is 0 Å². The minimum atomic E-state index is 0.401. The lowest BCUT2D eigenvalue weighted by atomic mass is 10.1. The Balaban J connectivity index is 2.07. The molecule has 15 heavy (non-hydrogen) atoms. The molecule has 1 atom stereocenters. The van der Waals surface area contributed by atoms with Crippen molar-refractivity contribution in [3.63, 3.8) is 0 Å². The van der Waals surface area contributed by atoms with E-state index < -0.39 is 0 Å². The Morgan fingerprint density at radius 3 is 2.60 bits per heavy atom. The second kappa shape index (κ2) is 7.77. The van der Waals surface area contributed by atoms with Crippen molar-refractivity contribution in [2.24, 2.45) is 5.73 Å². The Morgan fingerprint density at radius 1 is 1.20 bits per heavy atom. The van der Waals surface area contributed by atoms with Gasteiger partial charge in [0, 0.05) is 11.8 Å². The molecule has 0 radical (unpaired) electrons. The molecule has 0 saturated heterocycles. The van der Waals surface area contributed by atoms with Crippen LogP contribution in [0.1, 0.15) is 31.7 Å². The van der Waals surface area contributed by atoms with Crippen LogP contribution >= 0.6 is 11.8 Å². The van der Waals surface area contributed by atoms with E-state index in [0.29, 0.717) is 6.04 Å². The van der Waals surface area contributed by atoms with Gasteiger partial charge in [0.25, 0.3) is 0 Å². The number of nitrogens with two attached hydrogens (primary N) is 1. The quantitative estimate of drug-likeness (QED) is 0.717. The maximum absolute atomic E-state index is 5.95. The van der Waals surface area contributed by atoms with Crippen LogP contribution in [-0.4, -0.2) is 11.8 Å². The summed E-state index contributed by atoms with van der Waals surface area (Å²) < 4.78 is 0. The van der Waals surface area contributed by atoms with Gasteiger partial charge in [-0.1, -0.05) is 43.7 Å². The Labute approximate surface area is 97.4 Å². The molecule has 0 amide bonds. The lowest BCUT2D eigenvalue weighted by Gasteiger charge is -2.09. The summed E-state index contributed by atoms with van der Waals surface area (Å²) in [5.74, 6) is 2.29. The van der Waals surface area contributed by atoms with Gasteiger partial charge in [-0.05, 0) is 24.2 Å². The molecular formula is C13H21NS. The molecule has 1 rings (SSSR count). The van der Waals surface area contributed by atoms with E-state index in [1.54, 1.807) is 0 Å². The van der Waals surface area contributed by atoms with Gasteiger partial charge in [0.1, 0.15) is 0 Å². The predicted octanol–water partition coefficient (Wildman–Crippen LogP) is 3.44. The molecule has 0 aliphatic heterocycles. The van der Waals surface area contributed by atoms with E-state index in [4.69, 9.17) is 5.73 Å². The Bertz CT molecular complexity index is 248. The van der Waals surface area contributed by atoms with E-state index >= 15 is 0 Å². The minimum Gasteiger partial charge on any atom is -0.328 e. The lowest BCUT2D eigenvalue weighted by molar-refractivity contribution is 0.590. The van der Waals surface area contributed by atoms with Crippen LogP contribution in [-0.2, 0) is 5.75 Å². The number of hydrogen-bond acceptors (Lipinski definition) is 2. The maximum Gasteiger partial charge on any atom is 0.0184 e. The van der Waals surface area contributed by atoms with Crippen molar-refractivity contribution in [1.29, 1.82) is 0 Å². The smallest absolute Gasteiger partial charge is 0.0184 e. The summed E-state index contributed by atoms with van der Waals surface area (Å²) in [5, 5.41) is 0. The zero-order valence-electron chi connectivity index (χ0n) is 9.49. The summed E-state index contributed by atoms with van der Waals surface area (Å²) in [6.07, 6.45) is 3.50. The third-order valence-electron chi connectivity index (χ3n) is 2.40. The first-order chi connectivity index (χ1) is 7.33. The second-order valence-electron chi connectivity index (χ2n) is 3.88. The standard InChI is InChI=1S/C13H21NS/c1-2-6-13(14)9-10-15-11-12-7-4-3-5-8-12/h3-5,7-8,13H,2,6,9-11,14H2,1H3. The van der Waals surface area contributed by atoms with Crippen LogP contribution in [0.5, 0.6) is 0 Å². The van der Waals surface area contributed by atoms with Crippen molar-refractivity contribution < 1.29 is 0 Å². The normalized spacial score (nSPS) is 12.7. The first kappa shape index (κ1) is 12.6. The molecule has 2 N–H and O–H groups in total. The molecular weight excluding hydrogens is 202 g/mol. The minimum absolute atomic E-state index is 0.401. The summed E-state index contributed by atoms with van der Waals surface area (Å²) in [5.41, 5.74) is 7.36. The van der Waals surface area contributed by atoms with E-state index in [9.17, 15) is 0 Å². The molecule has 0 heterocycles. The number of benzene rings is 1. The molecule has 1 nitrogen and oxygen atoms in total. The molecule has 0 aliphatic carbocycles. The van der Waals surface area contributed by atoms with Gasteiger partial charge in [-0.3, -0.25) is 0 Å². The van der Waals surface area contributed by atoms with Crippen LogP contribution in [0.3, 0.4) is 0 Å². The zero-order chi connectivity index (χ0) is 10.9. The van der Waals surface area contributed by atoms with Crippen molar-refractivity contribution in [1.82, 2.24) is 0 Å². The van der Waals surface area contributed by atoms with Gasteiger partial charge < -0.3 is 5.73 Å². The largest absolute Gasteiger partial charge is 0.328 e. The third kappa shape index (κ3) is 5.85. The fourth-order valence-corrected chi connectivity index (χ4v) is 2.56. The molecule has 0 spiro atoms. The van der Waals surface area contributed by atoms with Crippen molar-refractivity contribution in [2.45, 2.75) is 38.0 Å². The van der Waals surface area contributed by atoms with Gasteiger partial charge >= 0.3 is 0 Å².